The minimum Gasteiger partial charge on any atom is -0.351 e. The first-order chi connectivity index (χ1) is 9.81. The molecule has 2 aliphatic rings. The Bertz CT molecular complexity index is 613. The van der Waals surface area contributed by atoms with Crippen LogP contribution in [0.15, 0.2) is 12.4 Å². The van der Waals surface area contributed by atoms with E-state index in [-0.39, 0.29) is 0 Å². The Hall–Kier alpha value is -1.20. The second-order valence-electron chi connectivity index (χ2n) is 5.95. The predicted molar refractivity (Wildman–Crippen MR) is 83.5 cm³/mol. The summed E-state index contributed by atoms with van der Waals surface area (Å²) in [7, 11) is 0. The maximum Gasteiger partial charge on any atom is 0.141 e. The molecule has 1 saturated carbocycles. The van der Waals surface area contributed by atoms with Crippen molar-refractivity contribution >= 4 is 27.4 Å². The molecule has 2 aromatic rings. The zero-order valence-electron chi connectivity index (χ0n) is 11.8. The molecule has 1 unspecified atom stereocenters. The van der Waals surface area contributed by atoms with E-state index in [0.29, 0.717) is 12.1 Å². The Balaban J connectivity index is 1.69. The van der Waals surface area contributed by atoms with Gasteiger partial charge in [0.15, 0.2) is 0 Å². The van der Waals surface area contributed by atoms with Gasteiger partial charge in [-0.15, -0.1) is 11.3 Å². The molecule has 0 aromatic carbocycles. The van der Waals surface area contributed by atoms with Crippen LogP contribution in [0.5, 0.6) is 0 Å². The average molecular weight is 288 g/mol. The maximum absolute atomic E-state index is 4.62. The van der Waals surface area contributed by atoms with Gasteiger partial charge in [-0.05, 0) is 45.2 Å². The van der Waals surface area contributed by atoms with Gasteiger partial charge in [-0.3, -0.25) is 0 Å². The second kappa shape index (κ2) is 4.97. The summed E-state index contributed by atoms with van der Waals surface area (Å²) >= 11 is 1.77. The Morgan fingerprint density at radius 2 is 2.25 bits per heavy atom. The van der Waals surface area contributed by atoms with Gasteiger partial charge in [0.1, 0.15) is 17.0 Å². The van der Waals surface area contributed by atoms with Crippen molar-refractivity contribution in [1.82, 2.24) is 15.3 Å². The molecule has 1 saturated heterocycles. The monoisotopic (exact) mass is 288 g/mol. The zero-order valence-corrected chi connectivity index (χ0v) is 12.6. The van der Waals surface area contributed by atoms with Crippen molar-refractivity contribution in [2.45, 2.75) is 44.7 Å². The van der Waals surface area contributed by atoms with Crippen molar-refractivity contribution in [3.05, 3.63) is 17.3 Å². The molecule has 0 amide bonds. The van der Waals surface area contributed by atoms with E-state index in [9.17, 15) is 0 Å². The molecule has 1 atom stereocenters. The Labute approximate surface area is 123 Å². The molecule has 3 heterocycles. The summed E-state index contributed by atoms with van der Waals surface area (Å²) in [6.07, 6.45) is 6.94. The highest BCUT2D eigenvalue weighted by Crippen LogP contribution is 2.36. The fourth-order valence-corrected chi connectivity index (χ4v) is 3.98. The van der Waals surface area contributed by atoms with Gasteiger partial charge in [-0.25, -0.2) is 9.97 Å². The number of aromatic nitrogens is 2. The summed E-state index contributed by atoms with van der Waals surface area (Å²) < 4.78 is 0. The molecule has 2 fully saturated rings. The molecule has 0 bridgehead atoms. The summed E-state index contributed by atoms with van der Waals surface area (Å²) in [5.41, 5.74) is 0. The molecule has 4 nitrogen and oxygen atoms in total. The van der Waals surface area contributed by atoms with Gasteiger partial charge in [0.2, 0.25) is 0 Å². The van der Waals surface area contributed by atoms with E-state index in [1.807, 2.05) is 0 Å². The van der Waals surface area contributed by atoms with Crippen molar-refractivity contribution in [2.24, 2.45) is 0 Å². The van der Waals surface area contributed by atoms with Gasteiger partial charge >= 0.3 is 0 Å². The minimum atomic E-state index is 0.625. The normalized spacial score (nSPS) is 22.6. The third-order valence-electron chi connectivity index (χ3n) is 4.27. The van der Waals surface area contributed by atoms with Crippen LogP contribution in [0.3, 0.4) is 0 Å². The maximum atomic E-state index is 4.62. The van der Waals surface area contributed by atoms with Crippen molar-refractivity contribution in [2.75, 3.05) is 18.0 Å². The van der Waals surface area contributed by atoms with Gasteiger partial charge in [-0.2, -0.15) is 0 Å². The molecule has 5 heteroatoms. The van der Waals surface area contributed by atoms with Crippen LogP contribution in [0.2, 0.25) is 0 Å². The number of rotatable bonds is 4. The number of hydrogen-bond donors (Lipinski definition) is 1. The molecule has 2 aromatic heterocycles. The van der Waals surface area contributed by atoms with Crippen LogP contribution in [-0.4, -0.2) is 35.1 Å². The number of fused-ring (bicyclic) bond motifs is 1. The molecule has 4 rings (SSSR count). The van der Waals surface area contributed by atoms with Gasteiger partial charge < -0.3 is 10.2 Å². The first kappa shape index (κ1) is 12.5. The van der Waals surface area contributed by atoms with Crippen molar-refractivity contribution in [3.63, 3.8) is 0 Å². The Morgan fingerprint density at radius 3 is 3.00 bits per heavy atom. The van der Waals surface area contributed by atoms with Crippen LogP contribution >= 0.6 is 11.3 Å². The van der Waals surface area contributed by atoms with Gasteiger partial charge in [0, 0.05) is 23.5 Å². The van der Waals surface area contributed by atoms with E-state index in [1.165, 1.54) is 42.5 Å². The fraction of sp³-hybridized carbons (Fsp3) is 0.600. The van der Waals surface area contributed by atoms with Crippen molar-refractivity contribution in [1.29, 1.82) is 0 Å². The lowest BCUT2D eigenvalue weighted by Crippen LogP contribution is -2.39. The second-order valence-corrected chi connectivity index (χ2v) is 7.18. The first-order valence-corrected chi connectivity index (χ1v) is 8.34. The van der Waals surface area contributed by atoms with Gasteiger partial charge in [0.05, 0.1) is 5.39 Å². The third kappa shape index (κ3) is 2.29. The molecule has 0 spiro atoms. The largest absolute Gasteiger partial charge is 0.351 e. The highest BCUT2D eigenvalue weighted by atomic mass is 32.1. The molecule has 1 aliphatic carbocycles. The standard InChI is InChI=1S/C15H20N4S/c1-10-7-13-14(17-9-18-15(13)20-10)19(12-4-5-12)8-11-3-2-6-16-11/h7,9,11-12,16H,2-6,8H2,1H3. The lowest BCUT2D eigenvalue weighted by Gasteiger charge is -2.27. The summed E-state index contributed by atoms with van der Waals surface area (Å²) in [5.74, 6) is 1.15. The molecule has 20 heavy (non-hydrogen) atoms. The summed E-state index contributed by atoms with van der Waals surface area (Å²) in [4.78, 5) is 14.0. The number of nitrogens with one attached hydrogen (secondary N) is 1. The highest BCUT2D eigenvalue weighted by Gasteiger charge is 2.33. The number of hydrogen-bond acceptors (Lipinski definition) is 5. The molecular weight excluding hydrogens is 268 g/mol. The lowest BCUT2D eigenvalue weighted by atomic mass is 10.2. The number of nitrogens with zero attached hydrogens (tertiary/aromatic N) is 3. The van der Waals surface area contributed by atoms with E-state index in [2.05, 4.69) is 33.2 Å². The van der Waals surface area contributed by atoms with Crippen LogP contribution in [0.4, 0.5) is 5.82 Å². The third-order valence-corrected chi connectivity index (χ3v) is 5.23. The van der Waals surface area contributed by atoms with Crippen LogP contribution in [0.25, 0.3) is 10.2 Å². The number of aryl methyl sites for hydroxylation is 1. The topological polar surface area (TPSA) is 41.0 Å². The van der Waals surface area contributed by atoms with E-state index < -0.39 is 0 Å². The van der Waals surface area contributed by atoms with Crippen molar-refractivity contribution in [3.8, 4) is 0 Å². The van der Waals surface area contributed by atoms with E-state index in [0.717, 1.165) is 17.2 Å². The molecule has 106 valence electrons. The van der Waals surface area contributed by atoms with E-state index in [4.69, 9.17) is 0 Å². The molecule has 1 aliphatic heterocycles. The lowest BCUT2D eigenvalue weighted by molar-refractivity contribution is 0.576. The van der Waals surface area contributed by atoms with Crippen molar-refractivity contribution < 1.29 is 0 Å². The average Bonchev–Trinajstić information content (AvgIpc) is 3.00. The quantitative estimate of drug-likeness (QED) is 0.939. The van der Waals surface area contributed by atoms with E-state index in [1.54, 1.807) is 17.7 Å². The highest BCUT2D eigenvalue weighted by molar-refractivity contribution is 7.18. The number of thiophene rings is 1. The Kier molecular flexibility index (Phi) is 3.11. The summed E-state index contributed by atoms with van der Waals surface area (Å²) in [6, 6.07) is 3.56. The molecule has 0 radical (unpaired) electrons. The summed E-state index contributed by atoms with van der Waals surface area (Å²) in [6.45, 7) is 4.40. The van der Waals surface area contributed by atoms with Crippen LogP contribution < -0.4 is 10.2 Å². The Morgan fingerprint density at radius 1 is 1.35 bits per heavy atom. The summed E-state index contributed by atoms with van der Waals surface area (Å²) in [5, 5.41) is 4.85. The van der Waals surface area contributed by atoms with Gasteiger partial charge in [0.25, 0.3) is 0 Å². The minimum absolute atomic E-state index is 0.625. The smallest absolute Gasteiger partial charge is 0.141 e. The SMILES string of the molecule is Cc1cc2c(N(CC3CCCN3)C3CC3)ncnc2s1. The first-order valence-electron chi connectivity index (χ1n) is 7.52. The van der Waals surface area contributed by atoms with Crippen LogP contribution in [0.1, 0.15) is 30.6 Å². The molecular formula is C15H20N4S. The van der Waals surface area contributed by atoms with Crippen LogP contribution in [-0.2, 0) is 0 Å². The van der Waals surface area contributed by atoms with Crippen LogP contribution in [0, 0.1) is 6.92 Å². The fourth-order valence-electron chi connectivity index (χ4n) is 3.14. The predicted octanol–water partition coefficient (Wildman–Crippen LogP) is 2.72. The molecule has 1 N–H and O–H groups in total. The number of anilines is 1. The van der Waals surface area contributed by atoms with Gasteiger partial charge in [-0.1, -0.05) is 0 Å². The zero-order chi connectivity index (χ0) is 13.5. The van der Waals surface area contributed by atoms with E-state index >= 15 is 0 Å².